The lowest BCUT2D eigenvalue weighted by Crippen LogP contribution is -2.53. The SMILES string of the molecule is CNc1cc(=O)n(-c2ccnc3c2cc([C@H](C)N2CC=C(c4c(F)cc(C(=O)N5CCC(CN6CCN(Cc7ccc8c(c7)n(C7CC7)c(=O)n8C7CCC(=O)NC7=O)C[C@@H]6C)CC5)cc4F)CC2)n3C)cc1F. The van der Waals surface area contributed by atoms with Crippen LogP contribution in [0.4, 0.5) is 18.9 Å². The number of pyridine rings is 2. The first-order valence-electron chi connectivity index (χ1n) is 26.0. The van der Waals surface area contributed by atoms with Gasteiger partial charge < -0.3 is 14.8 Å². The molecule has 0 radical (unpaired) electrons. The number of amides is 3. The number of imide groups is 1. The van der Waals surface area contributed by atoms with Crippen LogP contribution >= 0.6 is 0 Å². The highest BCUT2D eigenvalue weighted by molar-refractivity contribution is 6.00. The number of hydrogen-bond acceptors (Lipinski definition) is 10. The first kappa shape index (κ1) is 49.4. The number of fused-ring (bicyclic) bond motifs is 2. The number of halogens is 3. The van der Waals surface area contributed by atoms with E-state index in [0.717, 1.165) is 80.7 Å². The molecule has 0 bridgehead atoms. The molecule has 74 heavy (non-hydrogen) atoms. The van der Waals surface area contributed by atoms with Crippen molar-refractivity contribution in [3.05, 3.63) is 128 Å². The number of anilines is 1. The van der Waals surface area contributed by atoms with Gasteiger partial charge >= 0.3 is 5.69 Å². The summed E-state index contributed by atoms with van der Waals surface area (Å²) in [5.74, 6) is -2.80. The van der Waals surface area contributed by atoms with Crippen LogP contribution in [0.25, 0.3) is 33.3 Å². The van der Waals surface area contributed by atoms with E-state index in [1.807, 2.05) is 47.4 Å². The van der Waals surface area contributed by atoms with Gasteiger partial charge in [0.2, 0.25) is 11.8 Å². The molecule has 5 aliphatic rings. The average Bonchev–Trinajstić information content (AvgIpc) is 4.11. The maximum absolute atomic E-state index is 15.9. The number of nitrogens with one attached hydrogen (secondary N) is 2. The minimum Gasteiger partial charge on any atom is -0.386 e. The summed E-state index contributed by atoms with van der Waals surface area (Å²) in [5.41, 5.74) is 4.67. The summed E-state index contributed by atoms with van der Waals surface area (Å²) in [5, 5.41) is 5.78. The third-order valence-corrected chi connectivity index (χ3v) is 16.4. The molecule has 11 rings (SSSR count). The maximum Gasteiger partial charge on any atom is 0.330 e. The fourth-order valence-electron chi connectivity index (χ4n) is 12.1. The second-order valence-electron chi connectivity index (χ2n) is 21.0. The number of imidazole rings is 1. The molecule has 16 nitrogen and oxygen atoms in total. The Morgan fingerprint density at radius 3 is 2.32 bits per heavy atom. The zero-order valence-corrected chi connectivity index (χ0v) is 42.3. The van der Waals surface area contributed by atoms with Crippen LogP contribution in [0, 0.1) is 23.4 Å². The summed E-state index contributed by atoms with van der Waals surface area (Å²) in [6, 6.07) is 12.9. The number of hydrogen-bond donors (Lipinski definition) is 2. The van der Waals surface area contributed by atoms with Gasteiger partial charge in [-0.3, -0.25) is 52.9 Å². The summed E-state index contributed by atoms with van der Waals surface area (Å²) < 4.78 is 53.3. The number of aryl methyl sites for hydroxylation is 1. The van der Waals surface area contributed by atoms with E-state index >= 15 is 8.78 Å². The van der Waals surface area contributed by atoms with Crippen LogP contribution in [0.5, 0.6) is 0 Å². The standard InChI is InChI=1S/C55H62F3N11O5/c1-32-28-63(29-35-5-8-45-48(23-35)68(38-6-7-38)55(74)69(45)46-9-10-49(70)61-53(46)72)21-22-66(32)30-34-12-17-65(18-13-34)54(73)37-24-40(56)51(41(57)25-37)36-14-19-64(20-15-36)33(2)47-26-39-44(11-16-60-52(39)62(47)4)67-31-42(58)43(59-3)27-50(67)71/h5,8,11,14,16,23-27,31-34,38,46,59H,6-7,9-10,12-13,15,17-22,28-30H2,1-4H3,(H,61,70,72)/t32-,33-,46?/m0/s1. The Morgan fingerprint density at radius 2 is 1.64 bits per heavy atom. The van der Waals surface area contributed by atoms with Crippen molar-refractivity contribution in [3.63, 3.8) is 0 Å². The smallest absolute Gasteiger partial charge is 0.330 e. The van der Waals surface area contributed by atoms with E-state index in [0.29, 0.717) is 73.3 Å². The fraction of sp³-hybridized carbons (Fsp3) is 0.455. The molecule has 2 N–H and O–H groups in total. The quantitative estimate of drug-likeness (QED) is 0.130. The topological polar surface area (TPSA) is 155 Å². The Balaban J connectivity index is 0.681. The van der Waals surface area contributed by atoms with Crippen molar-refractivity contribution in [3.8, 4) is 5.69 Å². The van der Waals surface area contributed by atoms with E-state index in [2.05, 4.69) is 43.3 Å². The fourth-order valence-corrected chi connectivity index (χ4v) is 12.1. The molecule has 3 amide bonds. The van der Waals surface area contributed by atoms with Crippen molar-refractivity contribution >= 4 is 51.0 Å². The van der Waals surface area contributed by atoms with E-state index in [4.69, 9.17) is 0 Å². The van der Waals surface area contributed by atoms with E-state index in [1.165, 1.54) is 29.0 Å². The highest BCUT2D eigenvalue weighted by Gasteiger charge is 2.36. The first-order valence-corrected chi connectivity index (χ1v) is 26.0. The molecule has 8 heterocycles. The highest BCUT2D eigenvalue weighted by atomic mass is 19.1. The zero-order chi connectivity index (χ0) is 51.7. The Bertz CT molecular complexity index is 3360. The summed E-state index contributed by atoms with van der Waals surface area (Å²) >= 11 is 0. The molecular formula is C55H62F3N11O5. The Hall–Kier alpha value is -6.83. The number of piperidine rings is 2. The third-order valence-electron chi connectivity index (χ3n) is 16.4. The number of carbonyl (C=O) groups is 3. The summed E-state index contributed by atoms with van der Waals surface area (Å²) in [6.45, 7) is 10.5. The van der Waals surface area contributed by atoms with Gasteiger partial charge in [-0.1, -0.05) is 12.1 Å². The lowest BCUT2D eigenvalue weighted by Gasteiger charge is -2.42. The van der Waals surface area contributed by atoms with Gasteiger partial charge in [0.1, 0.15) is 23.3 Å². The largest absolute Gasteiger partial charge is 0.386 e. The van der Waals surface area contributed by atoms with Gasteiger partial charge in [-0.15, -0.1) is 0 Å². The number of likely N-dealkylation sites (tertiary alicyclic amines) is 1. The van der Waals surface area contributed by atoms with Gasteiger partial charge in [0.25, 0.3) is 11.5 Å². The molecule has 4 fully saturated rings. The minimum absolute atomic E-state index is 0.00666. The van der Waals surface area contributed by atoms with Crippen molar-refractivity contribution in [2.24, 2.45) is 13.0 Å². The van der Waals surface area contributed by atoms with Crippen LogP contribution in [0.3, 0.4) is 0 Å². The van der Waals surface area contributed by atoms with Crippen molar-refractivity contribution in [1.29, 1.82) is 0 Å². The Labute approximate surface area is 426 Å². The molecule has 6 aromatic rings. The molecule has 0 spiro atoms. The van der Waals surface area contributed by atoms with Crippen LogP contribution in [0.15, 0.2) is 76.6 Å². The lowest BCUT2D eigenvalue weighted by molar-refractivity contribution is -0.135. The number of carbonyl (C=O) groups excluding carboxylic acids is 3. The molecule has 388 valence electrons. The number of benzene rings is 2. The molecule has 1 saturated carbocycles. The zero-order valence-electron chi connectivity index (χ0n) is 42.3. The van der Waals surface area contributed by atoms with Gasteiger partial charge in [-0.25, -0.2) is 22.9 Å². The summed E-state index contributed by atoms with van der Waals surface area (Å²) in [4.78, 5) is 78.6. The molecular weight excluding hydrogens is 952 g/mol. The van der Waals surface area contributed by atoms with E-state index < -0.39 is 35.0 Å². The van der Waals surface area contributed by atoms with E-state index in [9.17, 15) is 28.4 Å². The van der Waals surface area contributed by atoms with Crippen molar-refractivity contribution < 1.29 is 27.6 Å². The van der Waals surface area contributed by atoms with Crippen LogP contribution in [-0.4, -0.2) is 126 Å². The van der Waals surface area contributed by atoms with Crippen molar-refractivity contribution in [1.82, 2.24) is 48.2 Å². The second-order valence-corrected chi connectivity index (χ2v) is 21.0. The van der Waals surface area contributed by atoms with Crippen molar-refractivity contribution in [2.75, 3.05) is 64.7 Å². The summed E-state index contributed by atoms with van der Waals surface area (Å²) in [6.07, 6.45) is 8.94. The lowest BCUT2D eigenvalue weighted by atomic mass is 9.93. The minimum atomic E-state index is -0.756. The highest BCUT2D eigenvalue weighted by Crippen LogP contribution is 2.38. The monoisotopic (exact) mass is 1010 g/mol. The Kier molecular flexibility index (Phi) is 13.2. The van der Waals surface area contributed by atoms with Gasteiger partial charge in [-0.2, -0.15) is 0 Å². The van der Waals surface area contributed by atoms with Crippen LogP contribution in [0.2, 0.25) is 0 Å². The van der Waals surface area contributed by atoms with Gasteiger partial charge in [0, 0.05) is 132 Å². The normalized spacial score (nSPS) is 21.1. The molecule has 3 atom stereocenters. The van der Waals surface area contributed by atoms with E-state index in [-0.39, 0.29) is 52.8 Å². The molecule has 3 saturated heterocycles. The molecule has 19 heteroatoms. The number of piperazine rings is 1. The third kappa shape index (κ3) is 9.16. The van der Waals surface area contributed by atoms with E-state index in [1.54, 1.807) is 28.8 Å². The number of rotatable bonds is 12. The predicted octanol–water partition coefficient (Wildman–Crippen LogP) is 6.52. The van der Waals surface area contributed by atoms with Gasteiger partial charge in [0.15, 0.2) is 5.82 Å². The van der Waals surface area contributed by atoms with Crippen LogP contribution in [0.1, 0.15) is 104 Å². The first-order chi connectivity index (χ1) is 35.6. The summed E-state index contributed by atoms with van der Waals surface area (Å²) in [7, 11) is 3.44. The maximum atomic E-state index is 15.9. The molecule has 1 aliphatic carbocycles. The number of nitrogens with zero attached hydrogens (tertiary/aromatic N) is 9. The van der Waals surface area contributed by atoms with Crippen molar-refractivity contribution in [2.45, 2.75) is 89.5 Å². The molecule has 1 unspecified atom stereocenters. The molecule has 4 aromatic heterocycles. The van der Waals surface area contributed by atoms with Gasteiger partial charge in [0.05, 0.1) is 28.6 Å². The van der Waals surface area contributed by atoms with Crippen LogP contribution < -0.4 is 21.9 Å². The average molecular weight is 1010 g/mol. The molecule has 4 aliphatic heterocycles. The number of aromatic nitrogens is 5. The second kappa shape index (κ2) is 19.8. The Morgan fingerprint density at radius 1 is 0.865 bits per heavy atom. The van der Waals surface area contributed by atoms with Gasteiger partial charge in [-0.05, 0) is 106 Å². The molecule has 2 aromatic carbocycles. The predicted molar refractivity (Wildman–Crippen MR) is 276 cm³/mol. The van der Waals surface area contributed by atoms with Crippen LogP contribution in [-0.2, 0) is 23.2 Å².